The summed E-state index contributed by atoms with van der Waals surface area (Å²) in [6.07, 6.45) is 0.683. The van der Waals surface area contributed by atoms with Crippen molar-refractivity contribution in [2.75, 3.05) is 6.54 Å². The molecule has 0 atom stereocenters. The van der Waals surface area contributed by atoms with E-state index in [2.05, 4.69) is 10.3 Å². The van der Waals surface area contributed by atoms with Gasteiger partial charge in [-0.05, 0) is 24.3 Å². The van der Waals surface area contributed by atoms with Crippen molar-refractivity contribution in [3.05, 3.63) is 52.0 Å². The molecule has 1 aromatic heterocycles. The topological polar surface area (TPSA) is 79.3 Å². The fourth-order valence-corrected chi connectivity index (χ4v) is 2.12. The molecule has 2 N–H and O–H groups in total. The zero-order valence-electron chi connectivity index (χ0n) is 10.00. The first-order valence-corrected chi connectivity index (χ1v) is 6.60. The fourth-order valence-electron chi connectivity index (χ4n) is 1.53. The zero-order valence-corrected chi connectivity index (χ0v) is 10.8. The summed E-state index contributed by atoms with van der Waals surface area (Å²) < 4.78 is 0. The number of carboxylic acid groups (broad SMARTS) is 1. The van der Waals surface area contributed by atoms with Crippen molar-refractivity contribution >= 4 is 23.2 Å². The number of hydrogen-bond donors (Lipinski definition) is 2. The first-order valence-electron chi connectivity index (χ1n) is 5.65. The van der Waals surface area contributed by atoms with Crippen LogP contribution in [0.15, 0.2) is 35.2 Å². The maximum atomic E-state index is 11.8. The SMILES string of the molecule is O=C(O)c1ccc(C(=O)NCCc2cscn2)cc1. The number of aromatic nitrogens is 1. The molecular formula is C13H12N2O3S. The molecule has 0 radical (unpaired) electrons. The van der Waals surface area contributed by atoms with E-state index in [1.807, 2.05) is 5.38 Å². The van der Waals surface area contributed by atoms with Crippen molar-refractivity contribution in [3.8, 4) is 0 Å². The molecule has 98 valence electrons. The molecule has 1 aromatic carbocycles. The summed E-state index contributed by atoms with van der Waals surface area (Å²) in [4.78, 5) is 26.6. The Morgan fingerprint density at radius 2 is 1.89 bits per heavy atom. The molecule has 0 saturated carbocycles. The highest BCUT2D eigenvalue weighted by atomic mass is 32.1. The number of rotatable bonds is 5. The third kappa shape index (κ3) is 3.62. The van der Waals surface area contributed by atoms with Gasteiger partial charge in [0.15, 0.2) is 0 Å². The van der Waals surface area contributed by atoms with Gasteiger partial charge in [-0.1, -0.05) is 0 Å². The van der Waals surface area contributed by atoms with E-state index in [4.69, 9.17) is 5.11 Å². The highest BCUT2D eigenvalue weighted by Gasteiger charge is 2.07. The van der Waals surface area contributed by atoms with Crippen LogP contribution in [0.4, 0.5) is 0 Å². The second kappa shape index (κ2) is 6.10. The monoisotopic (exact) mass is 276 g/mol. The molecule has 1 amide bonds. The van der Waals surface area contributed by atoms with Crippen LogP contribution in [-0.4, -0.2) is 28.5 Å². The predicted octanol–water partition coefficient (Wildman–Crippen LogP) is 1.81. The molecule has 6 heteroatoms. The number of carboxylic acids is 1. The number of aromatic carboxylic acids is 1. The van der Waals surface area contributed by atoms with Gasteiger partial charge in [0, 0.05) is 23.9 Å². The first-order chi connectivity index (χ1) is 9.16. The largest absolute Gasteiger partial charge is 0.478 e. The summed E-state index contributed by atoms with van der Waals surface area (Å²) in [5.41, 5.74) is 3.32. The average Bonchev–Trinajstić information content (AvgIpc) is 2.92. The lowest BCUT2D eigenvalue weighted by Crippen LogP contribution is -2.25. The zero-order chi connectivity index (χ0) is 13.7. The molecule has 2 aromatic rings. The van der Waals surface area contributed by atoms with Gasteiger partial charge in [0.1, 0.15) is 0 Å². The second-order valence-corrected chi connectivity index (χ2v) is 4.59. The molecule has 0 fully saturated rings. The van der Waals surface area contributed by atoms with Crippen LogP contribution in [-0.2, 0) is 6.42 Å². The van der Waals surface area contributed by atoms with Crippen LogP contribution in [0.2, 0.25) is 0 Å². The smallest absolute Gasteiger partial charge is 0.335 e. The van der Waals surface area contributed by atoms with Gasteiger partial charge in [-0.15, -0.1) is 11.3 Å². The Hall–Kier alpha value is -2.21. The van der Waals surface area contributed by atoms with Crippen molar-refractivity contribution in [1.82, 2.24) is 10.3 Å². The molecule has 0 spiro atoms. The predicted molar refractivity (Wildman–Crippen MR) is 71.6 cm³/mol. The lowest BCUT2D eigenvalue weighted by atomic mass is 10.1. The van der Waals surface area contributed by atoms with Crippen LogP contribution < -0.4 is 5.32 Å². The van der Waals surface area contributed by atoms with Gasteiger partial charge >= 0.3 is 5.97 Å². The van der Waals surface area contributed by atoms with E-state index in [0.717, 1.165) is 5.69 Å². The molecule has 5 nitrogen and oxygen atoms in total. The van der Waals surface area contributed by atoms with E-state index < -0.39 is 5.97 Å². The average molecular weight is 276 g/mol. The van der Waals surface area contributed by atoms with Crippen molar-refractivity contribution in [1.29, 1.82) is 0 Å². The van der Waals surface area contributed by atoms with E-state index in [9.17, 15) is 9.59 Å². The quantitative estimate of drug-likeness (QED) is 0.873. The molecule has 0 aliphatic rings. The van der Waals surface area contributed by atoms with E-state index in [-0.39, 0.29) is 11.5 Å². The lowest BCUT2D eigenvalue weighted by Gasteiger charge is -2.04. The molecule has 2 rings (SSSR count). The Kier molecular flexibility index (Phi) is 4.25. The van der Waals surface area contributed by atoms with E-state index in [1.165, 1.54) is 35.6 Å². The van der Waals surface area contributed by atoms with Crippen molar-refractivity contribution in [2.24, 2.45) is 0 Å². The van der Waals surface area contributed by atoms with Gasteiger partial charge in [0.2, 0.25) is 0 Å². The number of nitrogens with one attached hydrogen (secondary N) is 1. The van der Waals surface area contributed by atoms with E-state index in [0.29, 0.717) is 18.5 Å². The van der Waals surface area contributed by atoms with Gasteiger partial charge < -0.3 is 10.4 Å². The van der Waals surface area contributed by atoms with Crippen LogP contribution in [0.1, 0.15) is 26.4 Å². The van der Waals surface area contributed by atoms with E-state index >= 15 is 0 Å². The van der Waals surface area contributed by atoms with Crippen LogP contribution in [0.25, 0.3) is 0 Å². The van der Waals surface area contributed by atoms with Crippen LogP contribution in [0.5, 0.6) is 0 Å². The molecule has 1 heterocycles. The van der Waals surface area contributed by atoms with Gasteiger partial charge in [0.25, 0.3) is 5.91 Å². The number of nitrogens with zero attached hydrogens (tertiary/aromatic N) is 1. The molecule has 19 heavy (non-hydrogen) atoms. The van der Waals surface area contributed by atoms with Crippen LogP contribution >= 0.6 is 11.3 Å². The van der Waals surface area contributed by atoms with Crippen LogP contribution in [0, 0.1) is 0 Å². The van der Waals surface area contributed by atoms with Gasteiger partial charge in [-0.2, -0.15) is 0 Å². The van der Waals surface area contributed by atoms with Crippen LogP contribution in [0.3, 0.4) is 0 Å². The minimum absolute atomic E-state index is 0.166. The number of carbonyl (C=O) groups is 2. The summed E-state index contributed by atoms with van der Waals surface area (Å²) in [5, 5.41) is 13.5. The van der Waals surface area contributed by atoms with Crippen molar-refractivity contribution < 1.29 is 14.7 Å². The Morgan fingerprint density at radius 3 is 2.47 bits per heavy atom. The minimum Gasteiger partial charge on any atom is -0.478 e. The molecular weight excluding hydrogens is 264 g/mol. The maximum absolute atomic E-state index is 11.8. The minimum atomic E-state index is -1.00. The van der Waals surface area contributed by atoms with Gasteiger partial charge in [-0.25, -0.2) is 9.78 Å². The molecule has 0 unspecified atom stereocenters. The van der Waals surface area contributed by atoms with E-state index in [1.54, 1.807) is 5.51 Å². The molecule has 0 aliphatic heterocycles. The highest BCUT2D eigenvalue weighted by molar-refractivity contribution is 7.07. The van der Waals surface area contributed by atoms with Gasteiger partial charge in [0.05, 0.1) is 16.8 Å². The summed E-state index contributed by atoms with van der Waals surface area (Å²) in [5.74, 6) is -1.22. The van der Waals surface area contributed by atoms with Crippen molar-refractivity contribution in [3.63, 3.8) is 0 Å². The highest BCUT2D eigenvalue weighted by Crippen LogP contribution is 2.05. The Labute approximate surface area is 113 Å². The third-order valence-corrected chi connectivity index (χ3v) is 3.18. The summed E-state index contributed by atoms with van der Waals surface area (Å²) >= 11 is 1.52. The maximum Gasteiger partial charge on any atom is 0.335 e. The molecule has 0 bridgehead atoms. The number of hydrogen-bond acceptors (Lipinski definition) is 4. The second-order valence-electron chi connectivity index (χ2n) is 3.87. The third-order valence-electron chi connectivity index (χ3n) is 2.54. The summed E-state index contributed by atoms with van der Waals surface area (Å²) in [7, 11) is 0. The molecule has 0 saturated heterocycles. The normalized spacial score (nSPS) is 10.1. The fraction of sp³-hybridized carbons (Fsp3) is 0.154. The lowest BCUT2D eigenvalue weighted by molar-refractivity contribution is 0.0696. The number of amides is 1. The van der Waals surface area contributed by atoms with Gasteiger partial charge in [-0.3, -0.25) is 4.79 Å². The number of thiazole rings is 1. The number of benzene rings is 1. The Morgan fingerprint density at radius 1 is 1.21 bits per heavy atom. The number of carbonyl (C=O) groups excluding carboxylic acids is 1. The van der Waals surface area contributed by atoms with Crippen molar-refractivity contribution in [2.45, 2.75) is 6.42 Å². The summed E-state index contributed by atoms with van der Waals surface area (Å²) in [6.45, 7) is 0.503. The summed E-state index contributed by atoms with van der Waals surface area (Å²) in [6, 6.07) is 5.83. The first kappa shape index (κ1) is 13.2. The standard InChI is InChI=1S/C13H12N2O3S/c16-12(14-6-5-11-7-19-8-15-11)9-1-3-10(4-2-9)13(17)18/h1-4,7-8H,5-6H2,(H,14,16)(H,17,18). The Balaban J connectivity index is 1.87. The molecule has 0 aliphatic carbocycles. The Bertz CT molecular complexity index is 564.